The minimum Gasteiger partial charge on any atom is -0.379 e. The number of anilines is 1. The summed E-state index contributed by atoms with van der Waals surface area (Å²) in [6.07, 6.45) is 3.85. The van der Waals surface area contributed by atoms with Crippen LogP contribution in [0.5, 0.6) is 0 Å². The zero-order valence-electron chi connectivity index (χ0n) is 15.4. The lowest BCUT2D eigenvalue weighted by Gasteiger charge is -2.19. The molecule has 0 aromatic heterocycles. The number of hydrazone groups is 1. The van der Waals surface area contributed by atoms with E-state index in [1.807, 2.05) is 13.2 Å². The summed E-state index contributed by atoms with van der Waals surface area (Å²) < 4.78 is 0. The Labute approximate surface area is 162 Å². The van der Waals surface area contributed by atoms with Gasteiger partial charge in [0.25, 0.3) is 5.69 Å². The maximum absolute atomic E-state index is 11.5. The largest absolute Gasteiger partial charge is 0.379 e. The van der Waals surface area contributed by atoms with Gasteiger partial charge in [0.05, 0.1) is 10.6 Å². The number of carbonyl (C=O) groups is 1. The number of unbranched alkanes of at least 4 members (excludes halogenated alkanes) is 1. The molecule has 0 spiro atoms. The predicted octanol–water partition coefficient (Wildman–Crippen LogP) is 2.32. The van der Waals surface area contributed by atoms with Gasteiger partial charge in [-0.1, -0.05) is 24.8 Å². The number of thioether (sulfide) groups is 1. The summed E-state index contributed by atoms with van der Waals surface area (Å²) >= 11 is 1.41. The summed E-state index contributed by atoms with van der Waals surface area (Å²) in [5.74, 6) is -0.242. The number of hydrogen-bond acceptors (Lipinski definition) is 7. The fourth-order valence-corrected chi connectivity index (χ4v) is 2.93. The van der Waals surface area contributed by atoms with Crippen LogP contribution in [0, 0.1) is 16.0 Å². The summed E-state index contributed by atoms with van der Waals surface area (Å²) in [5.41, 5.74) is 9.79. The van der Waals surface area contributed by atoms with Crippen molar-refractivity contribution in [3.63, 3.8) is 0 Å². The molecule has 1 heterocycles. The highest BCUT2D eigenvalue weighted by molar-refractivity contribution is 8.13. The van der Waals surface area contributed by atoms with Gasteiger partial charge in [0.2, 0.25) is 5.91 Å². The van der Waals surface area contributed by atoms with Gasteiger partial charge in [0.1, 0.15) is 5.69 Å². The van der Waals surface area contributed by atoms with Crippen LogP contribution >= 0.6 is 11.8 Å². The number of aliphatic imine (C=N–C) groups is 1. The fraction of sp³-hybridized carbons (Fsp3) is 0.471. The molecular formula is C17H24N6O3S. The summed E-state index contributed by atoms with van der Waals surface area (Å²) in [6, 6.07) is 4.97. The van der Waals surface area contributed by atoms with Crippen LogP contribution in [0.3, 0.4) is 0 Å². The molecule has 1 amide bonds. The van der Waals surface area contributed by atoms with E-state index in [9.17, 15) is 14.9 Å². The Morgan fingerprint density at radius 2 is 2.30 bits per heavy atom. The molecule has 0 aliphatic carbocycles. The number of nitro benzene ring substituents is 1. The molecule has 0 saturated heterocycles. The number of amides is 1. The minimum atomic E-state index is -0.415. The molecule has 1 aliphatic heterocycles. The van der Waals surface area contributed by atoms with Crippen LogP contribution in [0.2, 0.25) is 0 Å². The van der Waals surface area contributed by atoms with Gasteiger partial charge in [-0.2, -0.15) is 5.10 Å². The summed E-state index contributed by atoms with van der Waals surface area (Å²) in [6.45, 7) is 3.11. The van der Waals surface area contributed by atoms with Gasteiger partial charge < -0.3 is 11.1 Å². The topological polar surface area (TPSA) is 135 Å². The Bertz CT molecular complexity index is 765. The fourth-order valence-electron chi connectivity index (χ4n) is 2.71. The Kier molecular flexibility index (Phi) is 7.59. The molecule has 9 nitrogen and oxygen atoms in total. The Morgan fingerprint density at radius 3 is 2.96 bits per heavy atom. The van der Waals surface area contributed by atoms with Gasteiger partial charge in [-0.15, -0.1) is 0 Å². The molecular weight excluding hydrogens is 368 g/mol. The van der Waals surface area contributed by atoms with Crippen molar-refractivity contribution >= 4 is 39.9 Å². The molecule has 0 fully saturated rings. The van der Waals surface area contributed by atoms with E-state index in [0.717, 1.165) is 12.8 Å². The second kappa shape index (κ2) is 9.91. The smallest absolute Gasteiger partial charge is 0.292 e. The molecule has 1 aliphatic rings. The van der Waals surface area contributed by atoms with Crippen LogP contribution in [-0.2, 0) is 4.79 Å². The van der Waals surface area contributed by atoms with Gasteiger partial charge in [-0.3, -0.25) is 19.9 Å². The minimum absolute atomic E-state index is 0.0102. The Hall–Kier alpha value is -2.62. The molecule has 10 heteroatoms. The van der Waals surface area contributed by atoms with Gasteiger partial charge >= 0.3 is 0 Å². The number of rotatable bonds is 8. The Balaban J connectivity index is 2.01. The first-order valence-corrected chi connectivity index (χ1v) is 9.88. The molecule has 0 saturated carbocycles. The number of nitrogens with one attached hydrogen (secondary N) is 2. The number of benzene rings is 1. The van der Waals surface area contributed by atoms with Crippen LogP contribution in [0.25, 0.3) is 0 Å². The summed E-state index contributed by atoms with van der Waals surface area (Å²) in [7, 11) is 0. The van der Waals surface area contributed by atoms with Crippen LogP contribution in [0.4, 0.5) is 11.4 Å². The van der Waals surface area contributed by atoms with Crippen LogP contribution < -0.4 is 16.5 Å². The molecule has 1 aromatic carbocycles. The number of hydrogen-bond donors (Lipinski definition) is 3. The zero-order valence-corrected chi connectivity index (χ0v) is 16.2. The molecule has 27 heavy (non-hydrogen) atoms. The monoisotopic (exact) mass is 392 g/mol. The SMILES string of the molecule is CSC(N)=NCCCCNc1ccc(C2=NNC(=O)CC2C)cc1[N+](=O)[O-]. The first-order chi connectivity index (χ1) is 12.9. The third kappa shape index (κ3) is 5.95. The van der Waals surface area contributed by atoms with E-state index in [2.05, 4.69) is 20.8 Å². The lowest BCUT2D eigenvalue weighted by atomic mass is 9.93. The number of carbonyl (C=O) groups excluding carboxylic acids is 1. The van der Waals surface area contributed by atoms with Crippen molar-refractivity contribution in [3.05, 3.63) is 33.9 Å². The molecule has 4 N–H and O–H groups in total. The standard InChI is InChI=1S/C17H24N6O3S/c1-11-9-15(24)21-22-16(11)12-5-6-13(14(10-12)23(25)26)19-7-3-4-8-20-17(18)27-2/h5-6,10-11,19H,3-4,7-9H2,1-2H3,(H2,18,20)(H,21,24). The van der Waals surface area contributed by atoms with E-state index in [1.54, 1.807) is 12.1 Å². The van der Waals surface area contributed by atoms with Crippen molar-refractivity contribution in [1.29, 1.82) is 0 Å². The van der Waals surface area contributed by atoms with Crippen molar-refractivity contribution in [3.8, 4) is 0 Å². The zero-order chi connectivity index (χ0) is 19.8. The molecule has 1 atom stereocenters. The van der Waals surface area contributed by atoms with Crippen molar-refractivity contribution in [1.82, 2.24) is 5.43 Å². The highest BCUT2D eigenvalue weighted by atomic mass is 32.2. The summed E-state index contributed by atoms with van der Waals surface area (Å²) in [5, 5.41) is 19.2. The van der Waals surface area contributed by atoms with Crippen molar-refractivity contribution in [2.45, 2.75) is 26.2 Å². The van der Waals surface area contributed by atoms with E-state index in [1.165, 1.54) is 17.8 Å². The average Bonchev–Trinajstić information content (AvgIpc) is 2.64. The first-order valence-electron chi connectivity index (χ1n) is 8.65. The maximum Gasteiger partial charge on any atom is 0.292 e. The second-order valence-corrected chi connectivity index (χ2v) is 7.01. The molecule has 1 unspecified atom stereocenters. The summed E-state index contributed by atoms with van der Waals surface area (Å²) in [4.78, 5) is 26.6. The van der Waals surface area contributed by atoms with Crippen molar-refractivity contribution in [2.24, 2.45) is 21.7 Å². The number of nitrogens with zero attached hydrogens (tertiary/aromatic N) is 3. The van der Waals surface area contributed by atoms with E-state index in [-0.39, 0.29) is 17.5 Å². The van der Waals surface area contributed by atoms with Gasteiger partial charge in [0.15, 0.2) is 5.17 Å². The second-order valence-electron chi connectivity index (χ2n) is 6.18. The molecule has 0 bridgehead atoms. The number of amidine groups is 1. The maximum atomic E-state index is 11.5. The van der Waals surface area contributed by atoms with Gasteiger partial charge in [0, 0.05) is 37.1 Å². The molecule has 0 radical (unpaired) electrons. The quantitative estimate of drug-likeness (QED) is 0.204. The normalized spacial score (nSPS) is 17.3. The first kappa shape index (κ1) is 20.7. The number of nitro groups is 1. The van der Waals surface area contributed by atoms with Gasteiger partial charge in [-0.25, -0.2) is 5.43 Å². The highest BCUT2D eigenvalue weighted by Crippen LogP contribution is 2.28. The number of nitrogens with two attached hydrogens (primary N) is 1. The highest BCUT2D eigenvalue weighted by Gasteiger charge is 2.24. The van der Waals surface area contributed by atoms with E-state index >= 15 is 0 Å². The molecule has 146 valence electrons. The van der Waals surface area contributed by atoms with E-state index in [4.69, 9.17) is 5.73 Å². The van der Waals surface area contributed by atoms with E-state index < -0.39 is 4.92 Å². The van der Waals surface area contributed by atoms with Crippen LogP contribution in [0.15, 0.2) is 28.3 Å². The molecule has 2 rings (SSSR count). The lowest BCUT2D eigenvalue weighted by Crippen LogP contribution is -2.32. The van der Waals surface area contributed by atoms with Crippen molar-refractivity contribution < 1.29 is 9.72 Å². The third-order valence-corrected chi connectivity index (χ3v) is 4.67. The molecule has 1 aromatic rings. The third-order valence-electron chi connectivity index (χ3n) is 4.13. The van der Waals surface area contributed by atoms with Crippen molar-refractivity contribution in [2.75, 3.05) is 24.7 Å². The lowest BCUT2D eigenvalue weighted by molar-refractivity contribution is -0.384. The van der Waals surface area contributed by atoms with Crippen LogP contribution in [0.1, 0.15) is 31.7 Å². The Morgan fingerprint density at radius 1 is 1.52 bits per heavy atom. The van der Waals surface area contributed by atoms with Crippen LogP contribution in [-0.4, -0.2) is 41.1 Å². The average molecular weight is 392 g/mol. The van der Waals surface area contributed by atoms with Gasteiger partial charge in [-0.05, 0) is 25.2 Å². The van der Waals surface area contributed by atoms with E-state index in [0.29, 0.717) is 41.6 Å². The predicted molar refractivity (Wildman–Crippen MR) is 109 cm³/mol.